The van der Waals surface area contributed by atoms with Crippen LogP contribution in [0.2, 0.25) is 0 Å². The first-order valence-electron chi connectivity index (χ1n) is 4.47. The Morgan fingerprint density at radius 3 is 2.33 bits per heavy atom. The number of aliphatic hydroxyl groups is 2. The van der Waals surface area contributed by atoms with Gasteiger partial charge in [-0.2, -0.15) is 0 Å². The molecule has 0 saturated heterocycles. The molecule has 0 radical (unpaired) electrons. The summed E-state index contributed by atoms with van der Waals surface area (Å²) >= 11 is 0. The number of carbonyl (C=O) groups is 1. The Kier molecular flexibility index (Phi) is 4.08. The van der Waals surface area contributed by atoms with E-state index in [1.165, 1.54) is 4.90 Å². The van der Waals surface area contributed by atoms with Gasteiger partial charge < -0.3 is 20.2 Å². The molecule has 1 aromatic carbocycles. The van der Waals surface area contributed by atoms with E-state index in [4.69, 9.17) is 15.3 Å². The Hall–Kier alpha value is -1.59. The number of benzene rings is 1. The molecule has 0 aliphatic heterocycles. The van der Waals surface area contributed by atoms with Crippen molar-refractivity contribution in [3.8, 4) is 0 Å². The number of rotatable bonds is 5. The van der Waals surface area contributed by atoms with Crippen molar-refractivity contribution in [3.05, 3.63) is 30.3 Å². The van der Waals surface area contributed by atoms with E-state index in [2.05, 4.69) is 0 Å². The highest BCUT2D eigenvalue weighted by molar-refractivity contribution is 5.73. The van der Waals surface area contributed by atoms with Crippen LogP contribution >= 0.6 is 0 Å². The quantitative estimate of drug-likeness (QED) is 0.592. The third-order valence-corrected chi connectivity index (χ3v) is 1.83. The molecule has 82 valence electrons. The molecule has 0 atom stereocenters. The van der Waals surface area contributed by atoms with E-state index in [1.807, 2.05) is 0 Å². The highest BCUT2D eigenvalue weighted by atomic mass is 16.5. The van der Waals surface area contributed by atoms with E-state index in [1.54, 1.807) is 30.3 Å². The number of carboxylic acid groups (broad SMARTS) is 1. The van der Waals surface area contributed by atoms with Crippen molar-refractivity contribution in [1.29, 1.82) is 0 Å². The second-order valence-corrected chi connectivity index (χ2v) is 3.09. The molecule has 5 nitrogen and oxygen atoms in total. The van der Waals surface area contributed by atoms with E-state index >= 15 is 0 Å². The maximum atomic E-state index is 10.6. The normalized spacial score (nSPS) is 10.3. The monoisotopic (exact) mass is 211 g/mol. The number of para-hydroxylation sites is 1. The second-order valence-electron chi connectivity index (χ2n) is 3.09. The van der Waals surface area contributed by atoms with Gasteiger partial charge in [-0.05, 0) is 12.1 Å². The topological polar surface area (TPSA) is 81.0 Å². The molecule has 5 heteroatoms. The van der Waals surface area contributed by atoms with Gasteiger partial charge in [-0.15, -0.1) is 0 Å². The van der Waals surface area contributed by atoms with E-state index < -0.39 is 12.3 Å². The minimum atomic E-state index is -1.55. The zero-order valence-corrected chi connectivity index (χ0v) is 8.08. The van der Waals surface area contributed by atoms with Gasteiger partial charge in [-0.25, -0.2) is 0 Å². The first-order chi connectivity index (χ1) is 7.09. The molecule has 0 aromatic heterocycles. The number of nitrogens with zero attached hydrogens (tertiary/aromatic N) is 1. The van der Waals surface area contributed by atoms with Crippen LogP contribution in [0.25, 0.3) is 0 Å². The Balaban J connectivity index is 2.76. The highest BCUT2D eigenvalue weighted by Crippen LogP contribution is 2.12. The van der Waals surface area contributed by atoms with Crippen molar-refractivity contribution in [1.82, 2.24) is 0 Å². The smallest absolute Gasteiger partial charge is 0.323 e. The van der Waals surface area contributed by atoms with Gasteiger partial charge in [0.25, 0.3) is 0 Å². The van der Waals surface area contributed by atoms with Crippen LogP contribution in [0.1, 0.15) is 0 Å². The zero-order valence-electron chi connectivity index (χ0n) is 8.08. The van der Waals surface area contributed by atoms with Crippen LogP contribution in [0, 0.1) is 0 Å². The van der Waals surface area contributed by atoms with Crippen LogP contribution in [-0.4, -0.2) is 40.7 Å². The highest BCUT2D eigenvalue weighted by Gasteiger charge is 2.13. The number of anilines is 1. The summed E-state index contributed by atoms with van der Waals surface area (Å²) in [6, 6.07) is 8.75. The minimum Gasteiger partial charge on any atom is -0.480 e. The number of hydrogen-bond donors (Lipinski definition) is 3. The lowest BCUT2D eigenvalue weighted by molar-refractivity contribution is -0.135. The minimum absolute atomic E-state index is 0.129. The largest absolute Gasteiger partial charge is 0.480 e. The molecule has 1 aromatic rings. The van der Waals surface area contributed by atoms with Crippen LogP contribution < -0.4 is 4.90 Å². The van der Waals surface area contributed by atoms with Crippen LogP contribution in [0.3, 0.4) is 0 Å². The van der Waals surface area contributed by atoms with E-state index in [0.717, 1.165) is 0 Å². The van der Waals surface area contributed by atoms with Gasteiger partial charge in [0.2, 0.25) is 0 Å². The van der Waals surface area contributed by atoms with Gasteiger partial charge in [0.05, 0.1) is 6.54 Å². The predicted octanol–water partition coefficient (Wildman–Crippen LogP) is -0.112. The molecule has 0 spiro atoms. The molecule has 0 aliphatic rings. The molecule has 1 rings (SSSR count). The molecule has 0 amide bonds. The molecule has 0 unspecified atom stereocenters. The second kappa shape index (κ2) is 5.33. The Morgan fingerprint density at radius 2 is 1.87 bits per heavy atom. The van der Waals surface area contributed by atoms with Crippen molar-refractivity contribution in [2.45, 2.75) is 6.29 Å². The standard InChI is InChI=1S/C10H13NO4/c12-9(13)6-11(7-10(14)15)8-4-2-1-3-5-8/h1-5,9,12-13H,6-7H2,(H,14,15). The van der Waals surface area contributed by atoms with Crippen molar-refractivity contribution in [2.75, 3.05) is 18.0 Å². The molecular weight excluding hydrogens is 198 g/mol. The molecule has 0 bridgehead atoms. The first kappa shape index (κ1) is 11.5. The maximum Gasteiger partial charge on any atom is 0.323 e. The van der Waals surface area contributed by atoms with E-state index in [0.29, 0.717) is 5.69 Å². The molecule has 15 heavy (non-hydrogen) atoms. The molecule has 0 saturated carbocycles. The van der Waals surface area contributed by atoms with Gasteiger partial charge in [-0.3, -0.25) is 4.79 Å². The summed E-state index contributed by atoms with van der Waals surface area (Å²) in [5, 5.41) is 26.3. The van der Waals surface area contributed by atoms with Crippen LogP contribution in [-0.2, 0) is 4.79 Å². The number of aliphatic carboxylic acids is 1. The van der Waals surface area contributed by atoms with Crippen LogP contribution in [0.4, 0.5) is 5.69 Å². The molecular formula is C10H13NO4. The number of aliphatic hydroxyl groups excluding tert-OH is 1. The average Bonchev–Trinajstić information content (AvgIpc) is 2.17. The van der Waals surface area contributed by atoms with E-state index in [9.17, 15) is 4.79 Å². The van der Waals surface area contributed by atoms with Crippen molar-refractivity contribution in [3.63, 3.8) is 0 Å². The van der Waals surface area contributed by atoms with Crippen molar-refractivity contribution < 1.29 is 20.1 Å². The zero-order chi connectivity index (χ0) is 11.3. The lowest BCUT2D eigenvalue weighted by Crippen LogP contribution is -2.36. The van der Waals surface area contributed by atoms with Gasteiger partial charge in [0.1, 0.15) is 6.54 Å². The van der Waals surface area contributed by atoms with E-state index in [-0.39, 0.29) is 13.1 Å². The Bertz CT molecular complexity index is 312. The fourth-order valence-corrected chi connectivity index (χ4v) is 1.26. The fraction of sp³-hybridized carbons (Fsp3) is 0.300. The summed E-state index contributed by atoms with van der Waals surface area (Å²) in [5.41, 5.74) is 0.646. The van der Waals surface area contributed by atoms with Crippen LogP contribution in [0.15, 0.2) is 30.3 Å². The van der Waals surface area contributed by atoms with Gasteiger partial charge >= 0.3 is 5.97 Å². The summed E-state index contributed by atoms with van der Waals surface area (Å²) in [5.74, 6) is -1.01. The first-order valence-corrected chi connectivity index (χ1v) is 4.47. The molecule has 0 aliphatic carbocycles. The van der Waals surface area contributed by atoms with Crippen molar-refractivity contribution >= 4 is 11.7 Å². The maximum absolute atomic E-state index is 10.6. The predicted molar refractivity (Wildman–Crippen MR) is 54.5 cm³/mol. The number of carboxylic acids is 1. The van der Waals surface area contributed by atoms with Gasteiger partial charge in [0, 0.05) is 5.69 Å². The SMILES string of the molecule is O=C(O)CN(CC(O)O)c1ccccc1. The lowest BCUT2D eigenvalue weighted by Gasteiger charge is -2.23. The molecule has 0 heterocycles. The Morgan fingerprint density at radius 1 is 1.27 bits per heavy atom. The molecule has 3 N–H and O–H groups in total. The number of hydrogen-bond acceptors (Lipinski definition) is 4. The molecule has 0 fully saturated rings. The summed E-state index contributed by atoms with van der Waals surface area (Å²) in [6.07, 6.45) is -1.55. The summed E-state index contributed by atoms with van der Waals surface area (Å²) in [4.78, 5) is 11.9. The third-order valence-electron chi connectivity index (χ3n) is 1.83. The summed E-state index contributed by atoms with van der Waals surface area (Å²) in [6.45, 7) is -0.391. The lowest BCUT2D eigenvalue weighted by atomic mass is 10.3. The van der Waals surface area contributed by atoms with Gasteiger partial charge in [0.15, 0.2) is 6.29 Å². The summed E-state index contributed by atoms with van der Waals surface area (Å²) in [7, 11) is 0. The van der Waals surface area contributed by atoms with Crippen LogP contribution in [0.5, 0.6) is 0 Å². The Labute approximate surface area is 87.2 Å². The van der Waals surface area contributed by atoms with Crippen molar-refractivity contribution in [2.24, 2.45) is 0 Å². The average molecular weight is 211 g/mol. The fourth-order valence-electron chi connectivity index (χ4n) is 1.26. The third kappa shape index (κ3) is 3.97. The summed E-state index contributed by atoms with van der Waals surface area (Å²) < 4.78 is 0. The van der Waals surface area contributed by atoms with Gasteiger partial charge in [-0.1, -0.05) is 18.2 Å².